The van der Waals surface area contributed by atoms with E-state index in [0.29, 0.717) is 5.41 Å². The van der Waals surface area contributed by atoms with Crippen molar-refractivity contribution in [2.75, 3.05) is 6.54 Å². The first-order chi connectivity index (χ1) is 6.53. The fourth-order valence-corrected chi connectivity index (χ4v) is 2.95. The van der Waals surface area contributed by atoms with Gasteiger partial charge in [0.05, 0.1) is 3.79 Å². The first kappa shape index (κ1) is 12.2. The summed E-state index contributed by atoms with van der Waals surface area (Å²) in [5.41, 5.74) is 5.96. The van der Waals surface area contributed by atoms with Crippen molar-refractivity contribution in [1.29, 1.82) is 0 Å². The molecule has 0 radical (unpaired) electrons. The molecule has 0 atom stereocenters. The summed E-state index contributed by atoms with van der Waals surface area (Å²) < 4.78 is 1.23. The third-order valence-corrected chi connectivity index (χ3v) is 4.18. The van der Waals surface area contributed by atoms with Gasteiger partial charge in [0.2, 0.25) is 0 Å². The van der Waals surface area contributed by atoms with Crippen LogP contribution in [0.2, 0.25) is 0 Å². The highest BCUT2D eigenvalue weighted by Gasteiger charge is 2.16. The molecule has 0 aliphatic carbocycles. The molecule has 0 fully saturated rings. The maximum absolute atomic E-state index is 5.58. The highest BCUT2D eigenvalue weighted by molar-refractivity contribution is 9.11. The van der Waals surface area contributed by atoms with Crippen LogP contribution in [0.25, 0.3) is 0 Å². The van der Waals surface area contributed by atoms with E-state index in [2.05, 4.69) is 41.9 Å². The molecule has 0 bridgehead atoms. The SMILES string of the molecule is CC(C)(CCN)CCc1ccc(Br)s1. The van der Waals surface area contributed by atoms with Crippen molar-refractivity contribution >= 4 is 27.3 Å². The van der Waals surface area contributed by atoms with Crippen LogP contribution in [0.3, 0.4) is 0 Å². The Bertz CT molecular complexity index is 281. The summed E-state index contributed by atoms with van der Waals surface area (Å²) in [6.07, 6.45) is 3.50. The smallest absolute Gasteiger partial charge is 0.0701 e. The molecule has 2 N–H and O–H groups in total. The summed E-state index contributed by atoms with van der Waals surface area (Å²) in [6, 6.07) is 4.32. The zero-order valence-corrected chi connectivity index (χ0v) is 11.2. The molecule has 0 aliphatic rings. The standard InChI is InChI=1S/C11H18BrNS/c1-11(2,7-8-13)6-5-9-3-4-10(12)14-9/h3-4H,5-8,13H2,1-2H3. The maximum atomic E-state index is 5.58. The number of hydrogen-bond acceptors (Lipinski definition) is 2. The molecule has 0 spiro atoms. The maximum Gasteiger partial charge on any atom is 0.0701 e. The zero-order valence-electron chi connectivity index (χ0n) is 8.85. The van der Waals surface area contributed by atoms with Crippen LogP contribution in [0.15, 0.2) is 15.9 Å². The third-order valence-electron chi connectivity index (χ3n) is 2.50. The van der Waals surface area contributed by atoms with E-state index in [1.165, 1.54) is 21.5 Å². The van der Waals surface area contributed by atoms with Gasteiger partial charge in [-0.2, -0.15) is 0 Å². The summed E-state index contributed by atoms with van der Waals surface area (Å²) in [4.78, 5) is 1.46. The molecule has 1 aromatic heterocycles. The van der Waals surface area contributed by atoms with Gasteiger partial charge in [-0.1, -0.05) is 13.8 Å². The molecule has 0 aromatic carbocycles. The van der Waals surface area contributed by atoms with Gasteiger partial charge in [0.1, 0.15) is 0 Å². The molecule has 0 saturated heterocycles. The Morgan fingerprint density at radius 1 is 1.36 bits per heavy atom. The Balaban J connectivity index is 2.40. The molecule has 1 nitrogen and oxygen atoms in total. The fraction of sp³-hybridized carbons (Fsp3) is 0.636. The first-order valence-electron chi connectivity index (χ1n) is 4.98. The first-order valence-corrected chi connectivity index (χ1v) is 6.59. The van der Waals surface area contributed by atoms with Gasteiger partial charge in [-0.25, -0.2) is 0 Å². The predicted molar refractivity (Wildman–Crippen MR) is 67.8 cm³/mol. The van der Waals surface area contributed by atoms with Crippen molar-refractivity contribution in [3.63, 3.8) is 0 Å². The molecular weight excluding hydrogens is 258 g/mol. The van der Waals surface area contributed by atoms with Gasteiger partial charge in [-0.05, 0) is 59.3 Å². The quantitative estimate of drug-likeness (QED) is 0.869. The molecule has 1 aromatic rings. The average Bonchev–Trinajstić information content (AvgIpc) is 2.48. The number of hydrogen-bond donors (Lipinski definition) is 1. The summed E-state index contributed by atoms with van der Waals surface area (Å²) in [6.45, 7) is 5.38. The number of thiophene rings is 1. The molecule has 0 saturated carbocycles. The summed E-state index contributed by atoms with van der Waals surface area (Å²) >= 11 is 5.31. The highest BCUT2D eigenvalue weighted by Crippen LogP contribution is 2.29. The van der Waals surface area contributed by atoms with Crippen LogP contribution in [0.5, 0.6) is 0 Å². The second-order valence-corrected chi connectivity index (χ2v) is 6.96. The molecule has 1 rings (SSSR count). The van der Waals surface area contributed by atoms with Crippen molar-refractivity contribution in [2.24, 2.45) is 11.1 Å². The van der Waals surface area contributed by atoms with Crippen LogP contribution in [0.1, 0.15) is 31.6 Å². The molecule has 0 unspecified atom stereocenters. The number of rotatable bonds is 5. The van der Waals surface area contributed by atoms with E-state index in [-0.39, 0.29) is 0 Å². The normalized spacial score (nSPS) is 12.0. The van der Waals surface area contributed by atoms with Gasteiger partial charge in [0.15, 0.2) is 0 Å². The van der Waals surface area contributed by atoms with E-state index >= 15 is 0 Å². The number of aryl methyl sites for hydroxylation is 1. The van der Waals surface area contributed by atoms with Crippen molar-refractivity contribution in [1.82, 2.24) is 0 Å². The van der Waals surface area contributed by atoms with E-state index in [9.17, 15) is 0 Å². The summed E-state index contributed by atoms with van der Waals surface area (Å²) in [5.74, 6) is 0. The Labute approximate surface area is 98.8 Å². The molecule has 1 heterocycles. The van der Waals surface area contributed by atoms with Gasteiger partial charge in [0, 0.05) is 4.88 Å². The lowest BCUT2D eigenvalue weighted by Gasteiger charge is -2.23. The molecular formula is C11H18BrNS. The number of nitrogens with two attached hydrogens (primary N) is 1. The minimum Gasteiger partial charge on any atom is -0.330 e. The second kappa shape index (κ2) is 5.29. The van der Waals surface area contributed by atoms with Crippen LogP contribution < -0.4 is 5.73 Å². The van der Waals surface area contributed by atoms with Gasteiger partial charge in [0.25, 0.3) is 0 Å². The van der Waals surface area contributed by atoms with Gasteiger partial charge in [-0.3, -0.25) is 0 Å². The van der Waals surface area contributed by atoms with Crippen molar-refractivity contribution in [3.05, 3.63) is 20.8 Å². The van der Waals surface area contributed by atoms with Crippen LogP contribution in [-0.4, -0.2) is 6.54 Å². The van der Waals surface area contributed by atoms with Crippen LogP contribution in [0, 0.1) is 5.41 Å². The lowest BCUT2D eigenvalue weighted by Crippen LogP contribution is -2.17. The van der Waals surface area contributed by atoms with E-state index in [1.807, 2.05) is 11.3 Å². The Kier molecular flexibility index (Phi) is 4.61. The van der Waals surface area contributed by atoms with Crippen molar-refractivity contribution < 1.29 is 0 Å². The molecule has 0 aliphatic heterocycles. The van der Waals surface area contributed by atoms with Gasteiger partial charge >= 0.3 is 0 Å². The zero-order chi connectivity index (χ0) is 10.6. The van der Waals surface area contributed by atoms with Gasteiger partial charge in [-0.15, -0.1) is 11.3 Å². The van der Waals surface area contributed by atoms with Crippen LogP contribution >= 0.6 is 27.3 Å². The largest absolute Gasteiger partial charge is 0.330 e. The van der Waals surface area contributed by atoms with Crippen molar-refractivity contribution in [3.8, 4) is 0 Å². The number of halogens is 1. The minimum atomic E-state index is 0.380. The summed E-state index contributed by atoms with van der Waals surface area (Å²) in [5, 5.41) is 0. The second-order valence-electron chi connectivity index (χ2n) is 4.41. The van der Waals surface area contributed by atoms with E-state index in [4.69, 9.17) is 5.73 Å². The van der Waals surface area contributed by atoms with E-state index < -0.39 is 0 Å². The molecule has 0 amide bonds. The molecule has 3 heteroatoms. The fourth-order valence-electron chi connectivity index (χ4n) is 1.46. The minimum absolute atomic E-state index is 0.380. The predicted octanol–water partition coefficient (Wildman–Crippen LogP) is 3.82. The molecule has 80 valence electrons. The Morgan fingerprint density at radius 3 is 2.57 bits per heavy atom. The van der Waals surface area contributed by atoms with Gasteiger partial charge < -0.3 is 5.73 Å². The third kappa shape index (κ3) is 4.11. The Hall–Kier alpha value is 0.140. The topological polar surface area (TPSA) is 26.0 Å². The lowest BCUT2D eigenvalue weighted by atomic mass is 9.84. The van der Waals surface area contributed by atoms with Crippen LogP contribution in [0.4, 0.5) is 0 Å². The van der Waals surface area contributed by atoms with Crippen molar-refractivity contribution in [2.45, 2.75) is 33.1 Å². The molecule has 14 heavy (non-hydrogen) atoms. The average molecular weight is 276 g/mol. The van der Waals surface area contributed by atoms with Crippen LogP contribution in [-0.2, 0) is 6.42 Å². The monoisotopic (exact) mass is 275 g/mol. The highest BCUT2D eigenvalue weighted by atomic mass is 79.9. The van der Waals surface area contributed by atoms with E-state index in [0.717, 1.165) is 13.0 Å². The lowest BCUT2D eigenvalue weighted by molar-refractivity contribution is 0.314. The Morgan fingerprint density at radius 2 is 2.07 bits per heavy atom. The van der Waals surface area contributed by atoms with E-state index in [1.54, 1.807) is 0 Å². The summed E-state index contributed by atoms with van der Waals surface area (Å²) in [7, 11) is 0.